The van der Waals surface area contributed by atoms with Crippen molar-refractivity contribution in [2.75, 3.05) is 13.1 Å². The Morgan fingerprint density at radius 3 is 2.63 bits per heavy atom. The van der Waals surface area contributed by atoms with Crippen LogP contribution in [0.15, 0.2) is 34.6 Å². The van der Waals surface area contributed by atoms with Crippen LogP contribution in [0.25, 0.3) is 0 Å². The van der Waals surface area contributed by atoms with Gasteiger partial charge in [-0.05, 0) is 37.3 Å². The molecule has 27 heavy (non-hydrogen) atoms. The first kappa shape index (κ1) is 22.1. The molecule has 2 N–H and O–H groups in total. The monoisotopic (exact) mass is 502 g/mol. The van der Waals surface area contributed by atoms with Crippen molar-refractivity contribution in [3.63, 3.8) is 0 Å². The van der Waals surface area contributed by atoms with Crippen LogP contribution in [-0.4, -0.2) is 24.0 Å². The summed E-state index contributed by atoms with van der Waals surface area (Å²) in [6, 6.07) is 7.10. The van der Waals surface area contributed by atoms with Crippen molar-refractivity contribution in [1.82, 2.24) is 15.6 Å². The molecule has 4 nitrogen and oxygen atoms in total. The van der Waals surface area contributed by atoms with E-state index in [1.54, 1.807) is 23.5 Å². The fourth-order valence-corrected chi connectivity index (χ4v) is 3.87. The lowest BCUT2D eigenvalue weighted by molar-refractivity contribution is 0.559. The van der Waals surface area contributed by atoms with Crippen LogP contribution in [0.4, 0.5) is 4.39 Å². The van der Waals surface area contributed by atoms with Gasteiger partial charge in [0.2, 0.25) is 0 Å². The normalized spacial score (nSPS) is 15.4. The van der Waals surface area contributed by atoms with Crippen LogP contribution in [0.2, 0.25) is 0 Å². The summed E-state index contributed by atoms with van der Waals surface area (Å²) in [7, 11) is 0. The van der Waals surface area contributed by atoms with E-state index in [1.165, 1.54) is 0 Å². The van der Waals surface area contributed by atoms with Gasteiger partial charge in [0, 0.05) is 23.9 Å². The Kier molecular flexibility index (Phi) is 8.03. The van der Waals surface area contributed by atoms with Crippen LogP contribution in [-0.2, 0) is 12.0 Å². The zero-order valence-electron chi connectivity index (χ0n) is 16.1. The third-order valence-electron chi connectivity index (χ3n) is 4.77. The van der Waals surface area contributed by atoms with Gasteiger partial charge in [0.1, 0.15) is 10.8 Å². The first-order chi connectivity index (χ1) is 12.5. The summed E-state index contributed by atoms with van der Waals surface area (Å²) in [6.07, 6.45) is 2.01. The fraction of sp³-hybridized carbons (Fsp3) is 0.500. The first-order valence-corrected chi connectivity index (χ1v) is 10.1. The quantitative estimate of drug-likeness (QED) is 0.325. The van der Waals surface area contributed by atoms with E-state index in [1.807, 2.05) is 19.1 Å². The average Bonchev–Trinajstić information content (AvgIpc) is 3.25. The topological polar surface area (TPSA) is 49.3 Å². The highest BCUT2D eigenvalue weighted by Crippen LogP contribution is 2.48. The first-order valence-electron chi connectivity index (χ1n) is 9.25. The van der Waals surface area contributed by atoms with Crippen molar-refractivity contribution in [2.45, 2.75) is 51.5 Å². The van der Waals surface area contributed by atoms with Gasteiger partial charge >= 0.3 is 0 Å². The molecule has 2 aromatic rings. The summed E-state index contributed by atoms with van der Waals surface area (Å²) in [5, 5.41) is 9.79. The van der Waals surface area contributed by atoms with Crippen molar-refractivity contribution >= 4 is 41.3 Å². The minimum Gasteiger partial charge on any atom is -0.357 e. The summed E-state index contributed by atoms with van der Waals surface area (Å²) < 4.78 is 14.2. The van der Waals surface area contributed by atoms with Gasteiger partial charge in [-0.25, -0.2) is 14.4 Å². The molecule has 1 saturated carbocycles. The summed E-state index contributed by atoms with van der Waals surface area (Å²) in [5.74, 6) is 1.08. The Morgan fingerprint density at radius 1 is 1.30 bits per heavy atom. The lowest BCUT2D eigenvalue weighted by Crippen LogP contribution is -2.41. The van der Waals surface area contributed by atoms with Crippen molar-refractivity contribution in [1.29, 1.82) is 0 Å². The molecule has 0 atom stereocenters. The molecule has 1 aromatic heterocycles. The summed E-state index contributed by atoms with van der Waals surface area (Å²) >= 11 is 1.65. The van der Waals surface area contributed by atoms with Crippen LogP contribution < -0.4 is 10.6 Å². The van der Waals surface area contributed by atoms with E-state index in [-0.39, 0.29) is 35.2 Å². The Hall–Kier alpha value is -1.22. The number of guanidine groups is 1. The van der Waals surface area contributed by atoms with E-state index in [9.17, 15) is 4.39 Å². The van der Waals surface area contributed by atoms with Crippen LogP contribution >= 0.6 is 35.3 Å². The molecule has 148 valence electrons. The predicted octanol–water partition coefficient (Wildman–Crippen LogP) is 4.81. The zero-order chi connectivity index (χ0) is 18.6. The minimum absolute atomic E-state index is 0. The Balaban J connectivity index is 0.00000261. The summed E-state index contributed by atoms with van der Waals surface area (Å²) in [4.78, 5) is 9.28. The van der Waals surface area contributed by atoms with Gasteiger partial charge in [-0.15, -0.1) is 35.3 Å². The van der Waals surface area contributed by atoms with E-state index in [4.69, 9.17) is 0 Å². The number of hydrogen-bond acceptors (Lipinski definition) is 3. The molecule has 1 aliphatic rings. The van der Waals surface area contributed by atoms with Gasteiger partial charge < -0.3 is 10.6 Å². The highest BCUT2D eigenvalue weighted by molar-refractivity contribution is 14.0. The number of halogens is 2. The number of aliphatic imine (C=N–C) groups is 1. The number of benzene rings is 1. The summed E-state index contributed by atoms with van der Waals surface area (Å²) in [5.41, 5.74) is 1.83. The molecule has 1 aliphatic carbocycles. The number of thiazole rings is 1. The second kappa shape index (κ2) is 9.82. The highest BCUT2D eigenvalue weighted by atomic mass is 127. The van der Waals surface area contributed by atoms with E-state index < -0.39 is 0 Å². The van der Waals surface area contributed by atoms with Crippen molar-refractivity contribution in [2.24, 2.45) is 4.99 Å². The van der Waals surface area contributed by atoms with Crippen LogP contribution in [0, 0.1) is 5.82 Å². The molecular weight excluding hydrogens is 474 g/mol. The third kappa shape index (κ3) is 5.63. The molecule has 0 aliphatic heterocycles. The van der Waals surface area contributed by atoms with Gasteiger partial charge in [-0.3, -0.25) is 0 Å². The molecule has 0 saturated heterocycles. The zero-order valence-corrected chi connectivity index (χ0v) is 19.2. The molecule has 0 radical (unpaired) electrons. The van der Waals surface area contributed by atoms with E-state index in [0.29, 0.717) is 19.0 Å². The lowest BCUT2D eigenvalue weighted by Gasteiger charge is -2.19. The van der Waals surface area contributed by atoms with E-state index >= 15 is 0 Å². The highest BCUT2D eigenvalue weighted by Gasteiger charge is 2.45. The number of nitrogens with zero attached hydrogens (tertiary/aromatic N) is 2. The number of rotatable bonds is 7. The van der Waals surface area contributed by atoms with Gasteiger partial charge in [0.05, 0.1) is 12.2 Å². The van der Waals surface area contributed by atoms with Gasteiger partial charge in [0.15, 0.2) is 5.96 Å². The van der Waals surface area contributed by atoms with Gasteiger partial charge in [-0.1, -0.05) is 32.0 Å². The van der Waals surface area contributed by atoms with Gasteiger partial charge in [0.25, 0.3) is 0 Å². The van der Waals surface area contributed by atoms with E-state index in [2.05, 4.69) is 39.8 Å². The van der Waals surface area contributed by atoms with Crippen molar-refractivity contribution < 1.29 is 4.39 Å². The molecule has 1 heterocycles. The third-order valence-corrected chi connectivity index (χ3v) is 5.62. The summed E-state index contributed by atoms with van der Waals surface area (Å²) in [6.45, 7) is 8.36. The molecular formula is C20H28FIN4S. The number of aromatic nitrogens is 1. The second-order valence-corrected chi connectivity index (χ2v) is 8.07. The average molecular weight is 502 g/mol. The second-order valence-electron chi connectivity index (χ2n) is 7.13. The number of nitrogens with one attached hydrogen (secondary N) is 2. The van der Waals surface area contributed by atoms with Crippen LogP contribution in [0.1, 0.15) is 55.8 Å². The maximum atomic E-state index is 14.2. The fourth-order valence-electron chi connectivity index (χ4n) is 2.99. The van der Waals surface area contributed by atoms with Crippen LogP contribution in [0.5, 0.6) is 0 Å². The van der Waals surface area contributed by atoms with E-state index in [0.717, 1.165) is 41.6 Å². The van der Waals surface area contributed by atoms with Crippen molar-refractivity contribution in [3.05, 3.63) is 51.7 Å². The molecule has 3 rings (SSSR count). The van der Waals surface area contributed by atoms with Crippen molar-refractivity contribution in [3.8, 4) is 0 Å². The largest absolute Gasteiger partial charge is 0.357 e. The maximum absolute atomic E-state index is 14.2. The smallest absolute Gasteiger partial charge is 0.191 e. The molecule has 1 aromatic carbocycles. The molecule has 1 fully saturated rings. The lowest BCUT2D eigenvalue weighted by atomic mass is 9.95. The molecule has 0 amide bonds. The maximum Gasteiger partial charge on any atom is 0.191 e. The molecule has 0 bridgehead atoms. The number of hydrogen-bond donors (Lipinski definition) is 2. The minimum atomic E-state index is -0.113. The Bertz CT molecular complexity index is 771. The van der Waals surface area contributed by atoms with Crippen LogP contribution in [0.3, 0.4) is 0 Å². The SMILES string of the molecule is CCNC(=NCc1nc(C(C)C)cs1)NCC1(c2ccccc2F)CC1.I. The Labute approximate surface area is 182 Å². The Morgan fingerprint density at radius 2 is 2.04 bits per heavy atom. The molecule has 0 spiro atoms. The van der Waals surface area contributed by atoms with Gasteiger partial charge in [-0.2, -0.15) is 0 Å². The predicted molar refractivity (Wildman–Crippen MR) is 122 cm³/mol. The molecule has 0 unspecified atom stereocenters. The standard InChI is InChI=1S/C20H27FN4S.HI/c1-4-22-19(23-11-18-25-17(12-26-18)14(2)3)24-13-20(9-10-20)15-7-5-6-8-16(15)21;/h5-8,12,14H,4,9-11,13H2,1-3H3,(H2,22,23,24);1H. The molecule has 7 heteroatoms.